The molecule has 4 saturated carbocycles. The second-order valence-corrected chi connectivity index (χ2v) is 14.0. The van der Waals surface area contributed by atoms with Crippen LogP contribution in [0.2, 0.25) is 0 Å². The van der Waals surface area contributed by atoms with Crippen molar-refractivity contribution < 1.29 is 14.6 Å². The smallest absolute Gasteiger partial charge is 0.155 e. The SMILES string of the molecule is CCC(NC1CCCCC1)c1cccc(OCC[C@]23CCC4C(CCC5=CC(=O)CCC54C)C2CC[C@@H]3O)c1. The number of fused-ring (bicyclic) bond motifs is 5. The zero-order valence-corrected chi connectivity index (χ0v) is 24.4. The summed E-state index contributed by atoms with van der Waals surface area (Å²) in [4.78, 5) is 12.2. The number of carbonyl (C=O) groups is 1. The maximum atomic E-state index is 12.2. The molecule has 0 saturated heterocycles. The average molecular weight is 534 g/mol. The van der Waals surface area contributed by atoms with Crippen molar-refractivity contribution in [2.24, 2.45) is 28.6 Å². The van der Waals surface area contributed by atoms with Crippen LogP contribution in [0.5, 0.6) is 5.75 Å². The molecule has 0 heterocycles. The summed E-state index contributed by atoms with van der Waals surface area (Å²) in [7, 11) is 0. The Morgan fingerprint density at radius 3 is 2.69 bits per heavy atom. The molecule has 5 aliphatic rings. The van der Waals surface area contributed by atoms with Crippen molar-refractivity contribution in [3.05, 3.63) is 41.5 Å². The topological polar surface area (TPSA) is 58.6 Å². The summed E-state index contributed by atoms with van der Waals surface area (Å²) in [5, 5.41) is 15.3. The van der Waals surface area contributed by atoms with Crippen LogP contribution >= 0.6 is 0 Å². The van der Waals surface area contributed by atoms with Crippen LogP contribution in [0, 0.1) is 28.6 Å². The molecular weight excluding hydrogens is 482 g/mol. The molecule has 0 aliphatic heterocycles. The maximum absolute atomic E-state index is 12.2. The number of hydrogen-bond donors (Lipinski definition) is 2. The van der Waals surface area contributed by atoms with Gasteiger partial charge in [-0.05, 0) is 118 Å². The van der Waals surface area contributed by atoms with Crippen LogP contribution in [0.4, 0.5) is 0 Å². The average Bonchev–Trinajstić information content (AvgIpc) is 3.29. The summed E-state index contributed by atoms with van der Waals surface area (Å²) in [6, 6.07) is 9.78. The van der Waals surface area contributed by atoms with E-state index in [1.807, 2.05) is 6.08 Å². The molecule has 0 aromatic heterocycles. The number of hydrogen-bond acceptors (Lipinski definition) is 4. The van der Waals surface area contributed by atoms with E-state index in [1.54, 1.807) is 0 Å². The highest BCUT2D eigenvalue weighted by atomic mass is 16.5. The summed E-state index contributed by atoms with van der Waals surface area (Å²) in [5.74, 6) is 3.22. The van der Waals surface area contributed by atoms with Gasteiger partial charge in [0.15, 0.2) is 5.78 Å². The van der Waals surface area contributed by atoms with Crippen LogP contribution < -0.4 is 10.1 Å². The van der Waals surface area contributed by atoms with E-state index in [1.165, 1.54) is 56.1 Å². The van der Waals surface area contributed by atoms with Gasteiger partial charge in [-0.1, -0.05) is 50.8 Å². The number of aliphatic hydroxyl groups excluding tert-OH is 1. The van der Waals surface area contributed by atoms with Gasteiger partial charge in [0.1, 0.15) is 5.75 Å². The third kappa shape index (κ3) is 5.14. The van der Waals surface area contributed by atoms with Gasteiger partial charge in [-0.3, -0.25) is 4.79 Å². The number of carbonyl (C=O) groups excluding carboxylic acids is 1. The van der Waals surface area contributed by atoms with Crippen LogP contribution in [-0.2, 0) is 4.79 Å². The number of benzene rings is 1. The monoisotopic (exact) mass is 533 g/mol. The lowest BCUT2D eigenvalue weighted by atomic mass is 9.46. The van der Waals surface area contributed by atoms with Gasteiger partial charge < -0.3 is 15.2 Å². The summed E-state index contributed by atoms with van der Waals surface area (Å²) < 4.78 is 6.45. The van der Waals surface area contributed by atoms with Crippen molar-refractivity contribution >= 4 is 5.78 Å². The molecule has 4 nitrogen and oxygen atoms in total. The van der Waals surface area contributed by atoms with Gasteiger partial charge in [0.2, 0.25) is 0 Å². The molecule has 1 aromatic rings. The van der Waals surface area contributed by atoms with E-state index >= 15 is 0 Å². The molecule has 39 heavy (non-hydrogen) atoms. The molecule has 4 heteroatoms. The normalized spacial score (nSPS) is 37.4. The van der Waals surface area contributed by atoms with E-state index < -0.39 is 0 Å². The zero-order valence-electron chi connectivity index (χ0n) is 24.4. The molecule has 0 spiro atoms. The van der Waals surface area contributed by atoms with Crippen LogP contribution in [0.1, 0.15) is 122 Å². The maximum Gasteiger partial charge on any atom is 0.155 e. The van der Waals surface area contributed by atoms with Crippen LogP contribution in [-0.4, -0.2) is 29.6 Å². The second kappa shape index (κ2) is 11.3. The molecule has 0 amide bonds. The van der Waals surface area contributed by atoms with Gasteiger partial charge in [0, 0.05) is 23.9 Å². The number of nitrogens with one attached hydrogen (secondary N) is 1. The first-order valence-electron chi connectivity index (χ1n) is 16.3. The molecule has 1 aromatic carbocycles. The summed E-state index contributed by atoms with van der Waals surface area (Å²) in [6.07, 6.45) is 18.9. The van der Waals surface area contributed by atoms with Crippen molar-refractivity contribution in [2.75, 3.05) is 6.61 Å². The minimum absolute atomic E-state index is 0.00463. The Bertz CT molecular complexity index is 1060. The van der Waals surface area contributed by atoms with Crippen LogP contribution in [0.15, 0.2) is 35.9 Å². The highest BCUT2D eigenvalue weighted by Crippen LogP contribution is 2.66. The van der Waals surface area contributed by atoms with E-state index in [-0.39, 0.29) is 16.9 Å². The predicted octanol–water partition coefficient (Wildman–Crippen LogP) is 7.70. The Labute approximate surface area is 236 Å². The third-order valence-corrected chi connectivity index (χ3v) is 12.2. The molecule has 5 unspecified atom stereocenters. The fourth-order valence-electron chi connectivity index (χ4n) is 10.0. The van der Waals surface area contributed by atoms with E-state index in [0.29, 0.717) is 48.6 Å². The Morgan fingerprint density at radius 1 is 1.03 bits per heavy atom. The predicted molar refractivity (Wildman–Crippen MR) is 157 cm³/mol. The van der Waals surface area contributed by atoms with E-state index in [4.69, 9.17) is 4.74 Å². The Morgan fingerprint density at radius 2 is 1.87 bits per heavy atom. The molecule has 5 aliphatic carbocycles. The van der Waals surface area contributed by atoms with Gasteiger partial charge in [0.05, 0.1) is 12.7 Å². The minimum Gasteiger partial charge on any atom is -0.494 e. The number of allylic oxidation sites excluding steroid dienone is 1. The van der Waals surface area contributed by atoms with Gasteiger partial charge in [-0.15, -0.1) is 0 Å². The van der Waals surface area contributed by atoms with Crippen LogP contribution in [0.25, 0.3) is 0 Å². The first-order chi connectivity index (χ1) is 18.9. The summed E-state index contributed by atoms with van der Waals surface area (Å²) >= 11 is 0. The van der Waals surface area contributed by atoms with Crippen molar-refractivity contribution in [2.45, 2.75) is 128 Å². The second-order valence-electron chi connectivity index (χ2n) is 14.0. The lowest BCUT2D eigenvalue weighted by molar-refractivity contribution is -0.118. The van der Waals surface area contributed by atoms with Gasteiger partial charge in [0.25, 0.3) is 0 Å². The standard InChI is InChI=1S/C35H51NO3/c1-3-32(36-26-9-5-4-6-10-26)24-8-7-11-28(22-24)39-21-20-35-19-17-30-29(31(35)14-15-33(35)38)13-12-25-23-27(37)16-18-34(25,30)2/h7-8,11,22-23,26,29-33,36,38H,3-6,9-10,12-21H2,1-2H3/t29?,30?,31?,32?,33-,34?,35+/m0/s1. The van der Waals surface area contributed by atoms with Gasteiger partial charge in [-0.2, -0.15) is 0 Å². The summed E-state index contributed by atoms with van der Waals surface area (Å²) in [6.45, 7) is 5.40. The molecule has 0 radical (unpaired) electrons. The van der Waals surface area contributed by atoms with E-state index in [0.717, 1.165) is 50.7 Å². The first-order valence-corrected chi connectivity index (χ1v) is 16.3. The molecule has 2 N–H and O–H groups in total. The largest absolute Gasteiger partial charge is 0.494 e. The van der Waals surface area contributed by atoms with Gasteiger partial charge in [-0.25, -0.2) is 0 Å². The number of ether oxygens (including phenoxy) is 1. The molecule has 4 fully saturated rings. The fourth-order valence-corrected chi connectivity index (χ4v) is 10.0. The molecular formula is C35H51NO3. The summed E-state index contributed by atoms with van der Waals surface area (Å²) in [5.41, 5.74) is 2.95. The molecule has 214 valence electrons. The quantitative estimate of drug-likeness (QED) is 0.359. The Kier molecular flexibility index (Phi) is 7.99. The highest BCUT2D eigenvalue weighted by Gasteiger charge is 2.60. The van der Waals surface area contributed by atoms with E-state index in [9.17, 15) is 9.90 Å². The number of aliphatic hydroxyl groups is 1. The Hall–Kier alpha value is -1.65. The van der Waals surface area contributed by atoms with Gasteiger partial charge >= 0.3 is 0 Å². The first kappa shape index (κ1) is 27.5. The lowest BCUT2D eigenvalue weighted by Crippen LogP contribution is -2.52. The zero-order chi connectivity index (χ0) is 27.0. The van der Waals surface area contributed by atoms with E-state index in [2.05, 4.69) is 43.4 Å². The number of rotatable bonds is 8. The van der Waals surface area contributed by atoms with Crippen molar-refractivity contribution in [1.29, 1.82) is 0 Å². The fraction of sp³-hybridized carbons (Fsp3) is 0.743. The lowest BCUT2D eigenvalue weighted by Gasteiger charge is -2.58. The van der Waals surface area contributed by atoms with Crippen molar-refractivity contribution in [3.63, 3.8) is 0 Å². The van der Waals surface area contributed by atoms with Crippen molar-refractivity contribution in [3.8, 4) is 5.75 Å². The van der Waals surface area contributed by atoms with Crippen LogP contribution in [0.3, 0.4) is 0 Å². The van der Waals surface area contributed by atoms with Crippen molar-refractivity contribution in [1.82, 2.24) is 5.32 Å². The number of ketones is 1. The molecule has 6 rings (SSSR count). The third-order valence-electron chi connectivity index (χ3n) is 12.2. The molecule has 7 atom stereocenters. The minimum atomic E-state index is -0.208. The highest BCUT2D eigenvalue weighted by molar-refractivity contribution is 5.91. The Balaban J connectivity index is 1.12. The molecule has 0 bridgehead atoms.